The maximum Gasteiger partial charge on any atom is 0.305 e. The van der Waals surface area contributed by atoms with E-state index in [0.717, 1.165) is 38.9 Å². The van der Waals surface area contributed by atoms with E-state index in [1.165, 1.54) is 19.3 Å². The number of hydroxylamine groups is 2. The molecule has 1 amide bonds. The first-order valence-electron chi connectivity index (χ1n) is 8.44. The molecule has 0 heterocycles. The third kappa shape index (κ3) is 11.5. The van der Waals surface area contributed by atoms with Crippen molar-refractivity contribution in [1.29, 1.82) is 0 Å². The average molecular weight is 316 g/mol. The fourth-order valence-electron chi connectivity index (χ4n) is 2.31. The first-order valence-corrected chi connectivity index (χ1v) is 8.44. The van der Waals surface area contributed by atoms with Crippen molar-refractivity contribution in [3.05, 3.63) is 0 Å². The van der Waals surface area contributed by atoms with Crippen LogP contribution in [0, 0.1) is 0 Å². The van der Waals surface area contributed by atoms with Gasteiger partial charge in [-0.15, -0.1) is 0 Å². The normalized spacial score (nSPS) is 10.9. The van der Waals surface area contributed by atoms with E-state index in [9.17, 15) is 14.8 Å². The molecule has 0 fully saturated rings. The Bertz CT molecular complexity index is 307. The number of nitrogens with zero attached hydrogens (tertiary/aromatic N) is 2. The maximum atomic E-state index is 11.5. The van der Waals surface area contributed by atoms with E-state index in [1.807, 2.05) is 0 Å². The zero-order valence-corrected chi connectivity index (χ0v) is 14.1. The van der Waals surface area contributed by atoms with Gasteiger partial charge in [-0.25, -0.2) is 5.06 Å². The summed E-state index contributed by atoms with van der Waals surface area (Å²) in [5.41, 5.74) is 0. The van der Waals surface area contributed by atoms with Gasteiger partial charge in [0, 0.05) is 6.42 Å². The quantitative estimate of drug-likeness (QED) is 0.292. The van der Waals surface area contributed by atoms with Gasteiger partial charge in [0.15, 0.2) is 0 Å². The lowest BCUT2D eigenvalue weighted by molar-refractivity contribution is -0.167. The Labute approximate surface area is 134 Å². The number of aliphatic carboxylic acids is 1. The van der Waals surface area contributed by atoms with Gasteiger partial charge in [-0.1, -0.05) is 39.5 Å². The molecule has 0 saturated carbocycles. The van der Waals surface area contributed by atoms with Gasteiger partial charge in [-0.3, -0.25) is 14.8 Å². The predicted molar refractivity (Wildman–Crippen MR) is 85.9 cm³/mol. The third-order valence-electron chi connectivity index (χ3n) is 3.83. The number of carboxylic acid groups (broad SMARTS) is 1. The van der Waals surface area contributed by atoms with Crippen LogP contribution in [-0.2, 0) is 9.59 Å². The number of rotatable bonds is 14. The SMILES string of the molecule is CCN(CC)CCCCCCCCC(=O)N(O)CCC(=O)O. The van der Waals surface area contributed by atoms with Crippen LogP contribution < -0.4 is 0 Å². The molecule has 130 valence electrons. The molecule has 0 aromatic heterocycles. The minimum absolute atomic E-state index is 0.139. The molecule has 0 atom stereocenters. The largest absolute Gasteiger partial charge is 0.481 e. The molecule has 6 heteroatoms. The zero-order valence-electron chi connectivity index (χ0n) is 14.1. The Morgan fingerprint density at radius 3 is 1.91 bits per heavy atom. The number of hydrogen-bond donors (Lipinski definition) is 2. The second kappa shape index (κ2) is 13.5. The molecule has 0 rings (SSSR count). The molecule has 0 radical (unpaired) electrons. The Kier molecular flexibility index (Phi) is 12.8. The van der Waals surface area contributed by atoms with Crippen LogP contribution in [0.1, 0.15) is 65.2 Å². The van der Waals surface area contributed by atoms with E-state index in [4.69, 9.17) is 5.11 Å². The fraction of sp³-hybridized carbons (Fsp3) is 0.875. The summed E-state index contributed by atoms with van der Waals surface area (Å²) < 4.78 is 0. The number of amides is 1. The van der Waals surface area contributed by atoms with E-state index in [-0.39, 0.29) is 25.3 Å². The summed E-state index contributed by atoms with van der Waals surface area (Å²) in [5, 5.41) is 18.4. The Morgan fingerprint density at radius 2 is 1.36 bits per heavy atom. The predicted octanol–water partition coefficient (Wildman–Crippen LogP) is 2.75. The summed E-state index contributed by atoms with van der Waals surface area (Å²) in [6.45, 7) is 7.60. The molecule has 0 saturated heterocycles. The minimum Gasteiger partial charge on any atom is -0.481 e. The lowest BCUT2D eigenvalue weighted by Crippen LogP contribution is -2.29. The Balaban J connectivity index is 3.45. The standard InChI is InChI=1S/C16H32N2O4/c1-3-17(4-2)13-10-8-6-5-7-9-11-15(19)18(22)14-12-16(20)21/h22H,3-14H2,1-2H3,(H,20,21). The van der Waals surface area contributed by atoms with Gasteiger partial charge in [0.2, 0.25) is 5.91 Å². The van der Waals surface area contributed by atoms with Gasteiger partial charge >= 0.3 is 5.97 Å². The van der Waals surface area contributed by atoms with Crippen molar-refractivity contribution in [2.24, 2.45) is 0 Å². The summed E-state index contributed by atoms with van der Waals surface area (Å²) in [4.78, 5) is 24.3. The highest BCUT2D eigenvalue weighted by molar-refractivity contribution is 5.75. The first-order chi connectivity index (χ1) is 10.5. The van der Waals surface area contributed by atoms with Gasteiger partial charge < -0.3 is 10.0 Å². The molecule has 0 aromatic rings. The van der Waals surface area contributed by atoms with E-state index >= 15 is 0 Å². The van der Waals surface area contributed by atoms with Crippen LogP contribution in [0.15, 0.2) is 0 Å². The van der Waals surface area contributed by atoms with Gasteiger partial charge in [0.1, 0.15) is 0 Å². The number of unbranched alkanes of at least 4 members (excludes halogenated alkanes) is 5. The minimum atomic E-state index is -1.02. The van der Waals surface area contributed by atoms with Crippen LogP contribution in [0.2, 0.25) is 0 Å². The first kappa shape index (κ1) is 20.9. The van der Waals surface area contributed by atoms with E-state index in [0.29, 0.717) is 5.06 Å². The van der Waals surface area contributed by atoms with Gasteiger partial charge in [-0.05, 0) is 32.5 Å². The van der Waals surface area contributed by atoms with Crippen molar-refractivity contribution >= 4 is 11.9 Å². The molecule has 0 spiro atoms. The lowest BCUT2D eigenvalue weighted by Gasteiger charge is -2.17. The van der Waals surface area contributed by atoms with Gasteiger partial charge in [-0.2, -0.15) is 0 Å². The molecule has 0 unspecified atom stereocenters. The molecule has 0 aliphatic carbocycles. The maximum absolute atomic E-state index is 11.5. The summed E-state index contributed by atoms with van der Waals surface area (Å²) in [6, 6.07) is 0. The second-order valence-corrected chi connectivity index (χ2v) is 5.56. The van der Waals surface area contributed by atoms with E-state index in [2.05, 4.69) is 18.7 Å². The third-order valence-corrected chi connectivity index (χ3v) is 3.83. The lowest BCUT2D eigenvalue weighted by atomic mass is 10.1. The van der Waals surface area contributed by atoms with Gasteiger partial charge in [0.25, 0.3) is 0 Å². The van der Waals surface area contributed by atoms with Crippen molar-refractivity contribution < 1.29 is 19.9 Å². The van der Waals surface area contributed by atoms with Crippen LogP contribution in [0.25, 0.3) is 0 Å². The van der Waals surface area contributed by atoms with E-state index in [1.54, 1.807) is 0 Å². The summed E-state index contributed by atoms with van der Waals surface area (Å²) in [7, 11) is 0. The zero-order chi connectivity index (χ0) is 16.8. The smallest absolute Gasteiger partial charge is 0.305 e. The molecule has 2 N–H and O–H groups in total. The molecule has 0 bridgehead atoms. The number of carboxylic acids is 1. The molecular formula is C16H32N2O4. The highest BCUT2D eigenvalue weighted by Gasteiger charge is 2.11. The van der Waals surface area contributed by atoms with Crippen molar-refractivity contribution in [1.82, 2.24) is 9.96 Å². The molecular weight excluding hydrogens is 284 g/mol. The highest BCUT2D eigenvalue weighted by Crippen LogP contribution is 2.09. The average Bonchev–Trinajstić information content (AvgIpc) is 2.50. The molecule has 0 aliphatic heterocycles. The molecule has 22 heavy (non-hydrogen) atoms. The summed E-state index contributed by atoms with van der Waals surface area (Å²) >= 11 is 0. The number of carbonyl (C=O) groups excluding carboxylic acids is 1. The van der Waals surface area contributed by atoms with Crippen LogP contribution in [0.5, 0.6) is 0 Å². The second-order valence-electron chi connectivity index (χ2n) is 5.56. The number of carbonyl (C=O) groups is 2. The molecule has 6 nitrogen and oxygen atoms in total. The topological polar surface area (TPSA) is 81.1 Å². The summed E-state index contributed by atoms with van der Waals surface area (Å²) in [5.74, 6) is -1.40. The number of hydrogen-bond acceptors (Lipinski definition) is 4. The van der Waals surface area contributed by atoms with Crippen molar-refractivity contribution in [2.75, 3.05) is 26.2 Å². The molecule has 0 aromatic carbocycles. The van der Waals surface area contributed by atoms with Crippen LogP contribution in [0.3, 0.4) is 0 Å². The van der Waals surface area contributed by atoms with Crippen LogP contribution in [-0.4, -0.2) is 58.3 Å². The van der Waals surface area contributed by atoms with Crippen LogP contribution >= 0.6 is 0 Å². The summed E-state index contributed by atoms with van der Waals surface area (Å²) in [6.07, 6.45) is 6.51. The van der Waals surface area contributed by atoms with Crippen molar-refractivity contribution in [3.63, 3.8) is 0 Å². The van der Waals surface area contributed by atoms with Crippen LogP contribution in [0.4, 0.5) is 0 Å². The fourth-order valence-corrected chi connectivity index (χ4v) is 2.31. The molecule has 0 aliphatic rings. The van der Waals surface area contributed by atoms with Crippen molar-refractivity contribution in [2.45, 2.75) is 65.2 Å². The monoisotopic (exact) mass is 316 g/mol. The van der Waals surface area contributed by atoms with Crippen molar-refractivity contribution in [3.8, 4) is 0 Å². The van der Waals surface area contributed by atoms with Gasteiger partial charge in [0.05, 0.1) is 13.0 Å². The Hall–Kier alpha value is -1.14. The Morgan fingerprint density at radius 1 is 0.818 bits per heavy atom. The highest BCUT2D eigenvalue weighted by atomic mass is 16.5. The van der Waals surface area contributed by atoms with E-state index < -0.39 is 5.97 Å².